The summed E-state index contributed by atoms with van der Waals surface area (Å²) in [6.07, 6.45) is 0. The molecule has 1 amide bonds. The van der Waals surface area contributed by atoms with Gasteiger partial charge in [-0.1, -0.05) is 17.7 Å². The summed E-state index contributed by atoms with van der Waals surface area (Å²) in [6.45, 7) is 2.22. The molecule has 4 nitrogen and oxygen atoms in total. The number of aryl methyl sites for hydroxylation is 1. The molecule has 7 heteroatoms. The van der Waals surface area contributed by atoms with E-state index in [4.69, 9.17) is 4.74 Å². The summed E-state index contributed by atoms with van der Waals surface area (Å²) in [4.78, 5) is 16.3. The SMILES string of the molecule is Cc1ccc(OCc2nc(C(=O)Nc3cc(F)cc(F)c3)cs2)cc1. The fourth-order valence-corrected chi connectivity index (χ4v) is 2.77. The Kier molecular flexibility index (Phi) is 5.04. The van der Waals surface area contributed by atoms with Crippen LogP contribution >= 0.6 is 11.3 Å². The third-order valence-electron chi connectivity index (χ3n) is 3.29. The number of benzene rings is 2. The van der Waals surface area contributed by atoms with E-state index in [9.17, 15) is 13.6 Å². The highest BCUT2D eigenvalue weighted by atomic mass is 32.1. The molecule has 0 aliphatic rings. The van der Waals surface area contributed by atoms with Gasteiger partial charge >= 0.3 is 0 Å². The highest BCUT2D eigenvalue weighted by Gasteiger charge is 2.12. The normalized spacial score (nSPS) is 10.5. The molecule has 3 aromatic rings. The molecule has 0 fully saturated rings. The number of nitrogens with one attached hydrogen (secondary N) is 1. The Hall–Kier alpha value is -2.80. The number of halogens is 2. The van der Waals surface area contributed by atoms with Gasteiger partial charge in [0, 0.05) is 17.1 Å². The van der Waals surface area contributed by atoms with Gasteiger partial charge in [-0.25, -0.2) is 13.8 Å². The quantitative estimate of drug-likeness (QED) is 0.726. The number of amides is 1. The van der Waals surface area contributed by atoms with E-state index < -0.39 is 17.5 Å². The van der Waals surface area contributed by atoms with Gasteiger partial charge in [0.25, 0.3) is 5.91 Å². The molecular weight excluding hydrogens is 346 g/mol. The zero-order chi connectivity index (χ0) is 17.8. The van der Waals surface area contributed by atoms with E-state index in [0.29, 0.717) is 10.8 Å². The van der Waals surface area contributed by atoms with Crippen LogP contribution in [0.4, 0.5) is 14.5 Å². The molecular formula is C18H14F2N2O2S. The zero-order valence-corrected chi connectivity index (χ0v) is 14.1. The molecule has 0 bridgehead atoms. The Labute approximate surface area is 147 Å². The van der Waals surface area contributed by atoms with E-state index in [0.717, 1.165) is 23.8 Å². The minimum absolute atomic E-state index is 0.0351. The van der Waals surface area contributed by atoms with Crippen molar-refractivity contribution in [2.45, 2.75) is 13.5 Å². The Balaban J connectivity index is 1.62. The molecule has 1 N–H and O–H groups in total. The van der Waals surface area contributed by atoms with E-state index in [1.165, 1.54) is 11.3 Å². The Morgan fingerprint density at radius 2 is 1.84 bits per heavy atom. The molecule has 128 valence electrons. The number of ether oxygens (including phenoxy) is 1. The van der Waals surface area contributed by atoms with Gasteiger partial charge in [0.2, 0.25) is 0 Å². The van der Waals surface area contributed by atoms with Gasteiger partial charge < -0.3 is 10.1 Å². The zero-order valence-electron chi connectivity index (χ0n) is 13.3. The van der Waals surface area contributed by atoms with E-state index >= 15 is 0 Å². The molecule has 1 aromatic heterocycles. The minimum Gasteiger partial charge on any atom is -0.486 e. The highest BCUT2D eigenvalue weighted by molar-refractivity contribution is 7.09. The minimum atomic E-state index is -0.763. The van der Waals surface area contributed by atoms with Gasteiger partial charge in [-0.2, -0.15) is 0 Å². The summed E-state index contributed by atoms with van der Waals surface area (Å²) < 4.78 is 31.9. The van der Waals surface area contributed by atoms with Crippen molar-refractivity contribution in [2.24, 2.45) is 0 Å². The standard InChI is InChI=1S/C18H14F2N2O2S/c1-11-2-4-15(5-3-11)24-9-17-22-16(10-25-17)18(23)21-14-7-12(19)6-13(20)8-14/h2-8,10H,9H2,1H3,(H,21,23). The maximum Gasteiger partial charge on any atom is 0.275 e. The van der Waals surface area contributed by atoms with E-state index in [-0.39, 0.29) is 18.0 Å². The molecule has 0 aliphatic carbocycles. The first-order valence-electron chi connectivity index (χ1n) is 7.41. The van der Waals surface area contributed by atoms with Gasteiger partial charge in [-0.15, -0.1) is 11.3 Å². The summed E-state index contributed by atoms with van der Waals surface area (Å²) in [7, 11) is 0. The number of thiazole rings is 1. The second-order valence-corrected chi connectivity index (χ2v) is 6.28. The second-order valence-electron chi connectivity index (χ2n) is 5.34. The summed E-state index contributed by atoms with van der Waals surface area (Å²) in [5.74, 6) is -1.36. The van der Waals surface area contributed by atoms with Crippen molar-refractivity contribution >= 4 is 22.9 Å². The van der Waals surface area contributed by atoms with Gasteiger partial charge in [0.15, 0.2) is 0 Å². The first-order chi connectivity index (χ1) is 12.0. The number of nitrogens with zero attached hydrogens (tertiary/aromatic N) is 1. The van der Waals surface area contributed by atoms with Gasteiger partial charge in [-0.05, 0) is 31.2 Å². The third-order valence-corrected chi connectivity index (χ3v) is 4.11. The number of anilines is 1. The number of hydrogen-bond acceptors (Lipinski definition) is 4. The number of rotatable bonds is 5. The summed E-state index contributed by atoms with van der Waals surface area (Å²) in [6, 6.07) is 10.4. The molecule has 0 radical (unpaired) electrons. The Bertz CT molecular complexity index is 874. The predicted octanol–water partition coefficient (Wildman–Crippen LogP) is 4.56. The van der Waals surface area contributed by atoms with Gasteiger partial charge in [0.05, 0.1) is 0 Å². The molecule has 0 unspecified atom stereocenters. The average Bonchev–Trinajstić information content (AvgIpc) is 3.02. The lowest BCUT2D eigenvalue weighted by Crippen LogP contribution is -2.13. The topological polar surface area (TPSA) is 51.2 Å². The molecule has 0 atom stereocenters. The van der Waals surface area contributed by atoms with Crippen molar-refractivity contribution in [3.8, 4) is 5.75 Å². The van der Waals surface area contributed by atoms with Crippen LogP contribution in [0.15, 0.2) is 47.8 Å². The molecule has 0 aliphatic heterocycles. The van der Waals surface area contributed by atoms with E-state index in [1.807, 2.05) is 31.2 Å². The summed E-state index contributed by atoms with van der Waals surface area (Å²) in [5.41, 5.74) is 1.33. The van der Waals surface area contributed by atoms with Crippen molar-refractivity contribution in [1.82, 2.24) is 4.98 Å². The van der Waals surface area contributed by atoms with Crippen LogP contribution in [0.1, 0.15) is 21.1 Å². The molecule has 2 aromatic carbocycles. The maximum absolute atomic E-state index is 13.2. The number of aromatic nitrogens is 1. The number of carbonyl (C=O) groups is 1. The lowest BCUT2D eigenvalue weighted by atomic mass is 10.2. The van der Waals surface area contributed by atoms with E-state index in [2.05, 4.69) is 10.3 Å². The van der Waals surface area contributed by atoms with Crippen molar-refractivity contribution in [3.63, 3.8) is 0 Å². The lowest BCUT2D eigenvalue weighted by molar-refractivity contribution is 0.102. The lowest BCUT2D eigenvalue weighted by Gasteiger charge is -2.04. The molecule has 0 saturated heterocycles. The van der Waals surface area contributed by atoms with Crippen molar-refractivity contribution in [1.29, 1.82) is 0 Å². The van der Waals surface area contributed by atoms with Crippen molar-refractivity contribution in [3.05, 3.63) is 75.7 Å². The first-order valence-corrected chi connectivity index (χ1v) is 8.29. The van der Waals surface area contributed by atoms with Crippen LogP contribution in [0.5, 0.6) is 5.75 Å². The second kappa shape index (κ2) is 7.40. The molecule has 0 spiro atoms. The first kappa shape index (κ1) is 17.0. The van der Waals surface area contributed by atoms with Crippen LogP contribution < -0.4 is 10.1 Å². The van der Waals surface area contributed by atoms with Crippen LogP contribution in [0.2, 0.25) is 0 Å². The highest BCUT2D eigenvalue weighted by Crippen LogP contribution is 2.18. The van der Waals surface area contributed by atoms with Crippen LogP contribution in [-0.4, -0.2) is 10.9 Å². The maximum atomic E-state index is 13.2. The monoisotopic (exact) mass is 360 g/mol. The van der Waals surface area contributed by atoms with Crippen LogP contribution in [0, 0.1) is 18.6 Å². The van der Waals surface area contributed by atoms with Crippen LogP contribution in [0.3, 0.4) is 0 Å². The van der Waals surface area contributed by atoms with E-state index in [1.54, 1.807) is 5.38 Å². The van der Waals surface area contributed by atoms with Gasteiger partial charge in [0.1, 0.15) is 34.7 Å². The Morgan fingerprint density at radius 1 is 1.16 bits per heavy atom. The molecule has 25 heavy (non-hydrogen) atoms. The predicted molar refractivity (Wildman–Crippen MR) is 91.9 cm³/mol. The average molecular weight is 360 g/mol. The summed E-state index contributed by atoms with van der Waals surface area (Å²) >= 11 is 1.27. The van der Waals surface area contributed by atoms with Crippen LogP contribution in [-0.2, 0) is 6.61 Å². The van der Waals surface area contributed by atoms with Crippen LogP contribution in [0.25, 0.3) is 0 Å². The van der Waals surface area contributed by atoms with Gasteiger partial charge in [-0.3, -0.25) is 4.79 Å². The molecule has 0 saturated carbocycles. The third kappa shape index (κ3) is 4.60. The number of hydrogen-bond donors (Lipinski definition) is 1. The fourth-order valence-electron chi connectivity index (χ4n) is 2.08. The molecule has 3 rings (SSSR count). The van der Waals surface area contributed by atoms with Crippen molar-refractivity contribution < 1.29 is 18.3 Å². The largest absolute Gasteiger partial charge is 0.486 e. The Morgan fingerprint density at radius 3 is 2.52 bits per heavy atom. The molecule has 1 heterocycles. The van der Waals surface area contributed by atoms with Crippen molar-refractivity contribution in [2.75, 3.05) is 5.32 Å². The smallest absolute Gasteiger partial charge is 0.275 e. The fraction of sp³-hybridized carbons (Fsp3) is 0.111. The number of carbonyl (C=O) groups excluding carboxylic acids is 1. The summed E-state index contributed by atoms with van der Waals surface area (Å²) in [5, 5.41) is 4.61.